The van der Waals surface area contributed by atoms with Crippen molar-refractivity contribution in [2.75, 3.05) is 11.9 Å². The molecule has 1 aliphatic carbocycles. The molecule has 1 saturated carbocycles. The second-order valence-electron chi connectivity index (χ2n) is 9.14. The predicted octanol–water partition coefficient (Wildman–Crippen LogP) is 4.15. The molecule has 4 rings (SSSR count). The van der Waals surface area contributed by atoms with Gasteiger partial charge in [0.05, 0.1) is 18.0 Å². The number of nitrogens with zero attached hydrogens (tertiary/aromatic N) is 1. The summed E-state index contributed by atoms with van der Waals surface area (Å²) in [5.41, 5.74) is 8.26. The van der Waals surface area contributed by atoms with Crippen molar-refractivity contribution in [3.05, 3.63) is 58.0 Å². The van der Waals surface area contributed by atoms with Crippen LogP contribution in [0, 0.1) is 0 Å². The molecule has 2 aromatic rings. The average Bonchev–Trinajstić information content (AvgIpc) is 3.03. The minimum atomic E-state index is -0.635. The third kappa shape index (κ3) is 4.83. The Morgan fingerprint density at radius 1 is 1.19 bits per heavy atom. The SMILES string of the molecule is CC1(C)OCC(C)(c2cccc(N=C(N)c3c(NC4CCCCC4)cc[nH]c3=O)c2)O1. The highest BCUT2D eigenvalue weighted by molar-refractivity contribution is 6.03. The molecule has 0 bridgehead atoms. The van der Waals surface area contributed by atoms with Crippen LogP contribution in [0.5, 0.6) is 0 Å². The third-order valence-electron chi connectivity index (χ3n) is 6.05. The van der Waals surface area contributed by atoms with Gasteiger partial charge in [-0.05, 0) is 57.4 Å². The van der Waals surface area contributed by atoms with E-state index in [1.807, 2.05) is 51.1 Å². The van der Waals surface area contributed by atoms with Crippen molar-refractivity contribution in [3.8, 4) is 0 Å². The van der Waals surface area contributed by atoms with E-state index in [4.69, 9.17) is 15.2 Å². The van der Waals surface area contributed by atoms with Gasteiger partial charge >= 0.3 is 0 Å². The lowest BCUT2D eigenvalue weighted by Crippen LogP contribution is -2.30. The summed E-state index contributed by atoms with van der Waals surface area (Å²) >= 11 is 0. The quantitative estimate of drug-likeness (QED) is 0.494. The van der Waals surface area contributed by atoms with Crippen LogP contribution in [0.3, 0.4) is 0 Å². The fourth-order valence-corrected chi connectivity index (χ4v) is 4.47. The molecule has 0 radical (unpaired) electrons. The number of aliphatic imine (C=N–C) groups is 1. The van der Waals surface area contributed by atoms with E-state index in [-0.39, 0.29) is 11.4 Å². The molecule has 1 aromatic heterocycles. The fraction of sp³-hybridized carbons (Fsp3) is 0.500. The Labute approximate surface area is 183 Å². The molecule has 1 aromatic carbocycles. The molecule has 1 atom stereocenters. The molecule has 1 saturated heterocycles. The Kier molecular flexibility index (Phi) is 5.90. The van der Waals surface area contributed by atoms with E-state index in [0.717, 1.165) is 24.1 Å². The van der Waals surface area contributed by atoms with Crippen molar-refractivity contribution >= 4 is 17.2 Å². The van der Waals surface area contributed by atoms with Crippen molar-refractivity contribution < 1.29 is 9.47 Å². The Morgan fingerprint density at radius 3 is 2.68 bits per heavy atom. The van der Waals surface area contributed by atoms with Crippen molar-refractivity contribution in [3.63, 3.8) is 0 Å². The molecule has 1 unspecified atom stereocenters. The summed E-state index contributed by atoms with van der Waals surface area (Å²) in [4.78, 5) is 19.9. The lowest BCUT2D eigenvalue weighted by Gasteiger charge is -2.25. The van der Waals surface area contributed by atoms with Crippen LogP contribution in [0.4, 0.5) is 11.4 Å². The molecule has 0 amide bonds. The lowest BCUT2D eigenvalue weighted by molar-refractivity contribution is -0.159. The van der Waals surface area contributed by atoms with Gasteiger partial charge in [0, 0.05) is 12.2 Å². The molecule has 2 aliphatic rings. The van der Waals surface area contributed by atoms with Gasteiger partial charge in [0.2, 0.25) is 0 Å². The van der Waals surface area contributed by atoms with Gasteiger partial charge in [0.25, 0.3) is 5.56 Å². The Bertz CT molecular complexity index is 1020. The largest absolute Gasteiger partial charge is 0.383 e. The third-order valence-corrected chi connectivity index (χ3v) is 6.05. The van der Waals surface area contributed by atoms with E-state index in [9.17, 15) is 4.79 Å². The van der Waals surface area contributed by atoms with Crippen molar-refractivity contribution in [2.45, 2.75) is 70.3 Å². The van der Waals surface area contributed by atoms with Gasteiger partial charge in [-0.2, -0.15) is 0 Å². The zero-order valence-corrected chi connectivity index (χ0v) is 18.5. The van der Waals surface area contributed by atoms with E-state index in [0.29, 0.717) is 23.9 Å². The Hall–Kier alpha value is -2.64. The van der Waals surface area contributed by atoms with E-state index < -0.39 is 11.4 Å². The van der Waals surface area contributed by atoms with Crippen molar-refractivity contribution in [2.24, 2.45) is 10.7 Å². The molecular weight excluding hydrogens is 392 g/mol. The summed E-state index contributed by atoms with van der Waals surface area (Å²) in [6.07, 6.45) is 7.52. The number of aromatic nitrogens is 1. The Balaban J connectivity index is 1.62. The van der Waals surface area contributed by atoms with Crippen LogP contribution in [-0.2, 0) is 15.1 Å². The van der Waals surface area contributed by atoms with Crippen LogP contribution in [0.1, 0.15) is 64.0 Å². The molecule has 166 valence electrons. The minimum absolute atomic E-state index is 0.186. The smallest absolute Gasteiger partial charge is 0.261 e. The normalized spacial score (nSPS) is 24.3. The molecule has 4 N–H and O–H groups in total. The standard InChI is InChI=1S/C24H32N4O3/c1-23(2)30-15-24(3,31-23)16-8-7-11-18(14-16)28-21(25)20-19(12-13-26-22(20)29)27-17-9-5-4-6-10-17/h7-8,11-14,17H,4-6,9-10,15H2,1-3H3,(H2,25,28)(H2,26,27,29). The lowest BCUT2D eigenvalue weighted by atomic mass is 9.95. The van der Waals surface area contributed by atoms with Gasteiger partial charge in [-0.1, -0.05) is 31.4 Å². The predicted molar refractivity (Wildman–Crippen MR) is 123 cm³/mol. The van der Waals surface area contributed by atoms with Crippen LogP contribution in [-0.4, -0.2) is 29.3 Å². The first-order valence-electron chi connectivity index (χ1n) is 11.0. The topological polar surface area (TPSA) is 102 Å². The number of pyridine rings is 1. The zero-order valence-electron chi connectivity index (χ0n) is 18.5. The highest BCUT2D eigenvalue weighted by Crippen LogP contribution is 2.39. The molecule has 7 heteroatoms. The second kappa shape index (κ2) is 8.48. The average molecular weight is 425 g/mol. The van der Waals surface area contributed by atoms with Gasteiger partial charge in [-0.3, -0.25) is 4.79 Å². The van der Waals surface area contributed by atoms with Crippen LogP contribution in [0.15, 0.2) is 46.3 Å². The summed E-state index contributed by atoms with van der Waals surface area (Å²) in [5, 5.41) is 3.51. The molecule has 1 aliphatic heterocycles. The molecule has 7 nitrogen and oxygen atoms in total. The minimum Gasteiger partial charge on any atom is -0.383 e. The number of nitrogens with two attached hydrogens (primary N) is 1. The number of ether oxygens (including phenoxy) is 2. The molecular formula is C24H32N4O3. The first-order valence-corrected chi connectivity index (χ1v) is 11.0. The van der Waals surface area contributed by atoms with Crippen molar-refractivity contribution in [1.82, 2.24) is 4.98 Å². The van der Waals surface area contributed by atoms with Crippen LogP contribution in [0.25, 0.3) is 0 Å². The van der Waals surface area contributed by atoms with Gasteiger partial charge < -0.3 is 25.5 Å². The number of amidine groups is 1. The van der Waals surface area contributed by atoms with Crippen LogP contribution < -0.4 is 16.6 Å². The number of H-pyrrole nitrogens is 1. The molecule has 2 fully saturated rings. The van der Waals surface area contributed by atoms with Crippen LogP contribution >= 0.6 is 0 Å². The number of hydrogen-bond acceptors (Lipinski definition) is 5. The molecule has 0 spiro atoms. The number of hydrogen-bond donors (Lipinski definition) is 3. The van der Waals surface area contributed by atoms with E-state index in [1.165, 1.54) is 19.3 Å². The summed E-state index contributed by atoms with van der Waals surface area (Å²) in [6, 6.07) is 9.92. The summed E-state index contributed by atoms with van der Waals surface area (Å²) in [7, 11) is 0. The maximum absolute atomic E-state index is 12.6. The zero-order chi connectivity index (χ0) is 22.1. The number of aromatic amines is 1. The molecule has 31 heavy (non-hydrogen) atoms. The van der Waals surface area contributed by atoms with E-state index >= 15 is 0 Å². The second-order valence-corrected chi connectivity index (χ2v) is 9.14. The van der Waals surface area contributed by atoms with Gasteiger partial charge in [-0.15, -0.1) is 0 Å². The first kappa shape index (κ1) is 21.6. The number of benzene rings is 1. The fourth-order valence-electron chi connectivity index (χ4n) is 4.47. The monoisotopic (exact) mass is 424 g/mol. The Morgan fingerprint density at radius 2 is 1.97 bits per heavy atom. The highest BCUT2D eigenvalue weighted by atomic mass is 16.8. The number of rotatable bonds is 5. The van der Waals surface area contributed by atoms with E-state index in [2.05, 4.69) is 15.3 Å². The summed E-state index contributed by atoms with van der Waals surface area (Å²) < 4.78 is 11.9. The summed E-state index contributed by atoms with van der Waals surface area (Å²) in [6.45, 7) is 6.26. The number of nitrogens with one attached hydrogen (secondary N) is 2. The number of anilines is 1. The maximum atomic E-state index is 12.6. The van der Waals surface area contributed by atoms with E-state index in [1.54, 1.807) is 6.20 Å². The summed E-state index contributed by atoms with van der Waals surface area (Å²) in [5.74, 6) is -0.448. The van der Waals surface area contributed by atoms with Gasteiger partial charge in [-0.25, -0.2) is 4.99 Å². The molecule has 2 heterocycles. The van der Waals surface area contributed by atoms with Gasteiger partial charge in [0.15, 0.2) is 5.79 Å². The highest BCUT2D eigenvalue weighted by Gasteiger charge is 2.43. The van der Waals surface area contributed by atoms with Crippen molar-refractivity contribution in [1.29, 1.82) is 0 Å². The first-order chi connectivity index (χ1) is 14.8. The van der Waals surface area contributed by atoms with Crippen LogP contribution in [0.2, 0.25) is 0 Å². The maximum Gasteiger partial charge on any atom is 0.261 e. The van der Waals surface area contributed by atoms with Gasteiger partial charge in [0.1, 0.15) is 17.0 Å².